The average molecular weight is 231 g/mol. The molecule has 0 bridgehead atoms. The molecule has 0 saturated heterocycles. The van der Waals surface area contributed by atoms with Crippen LogP contribution >= 0.6 is 11.6 Å². The lowest BCUT2D eigenvalue weighted by Crippen LogP contribution is -2.35. The van der Waals surface area contributed by atoms with E-state index in [0.29, 0.717) is 5.69 Å². The van der Waals surface area contributed by atoms with E-state index in [9.17, 15) is 9.59 Å². The van der Waals surface area contributed by atoms with Gasteiger partial charge in [-0.2, -0.15) is 5.10 Å². The fourth-order valence-corrected chi connectivity index (χ4v) is 1.15. The molecule has 0 saturated carbocycles. The zero-order valence-corrected chi connectivity index (χ0v) is 9.05. The number of H-pyrrole nitrogens is 1. The SMILES string of the molecule is CNC(=O)C(C)Nc1cn[nH]c(=O)c1Cl. The second kappa shape index (κ2) is 4.79. The molecular weight excluding hydrogens is 220 g/mol. The molecule has 1 heterocycles. The molecule has 7 heteroatoms. The Hall–Kier alpha value is -1.56. The third-order valence-corrected chi connectivity index (χ3v) is 2.18. The first-order valence-corrected chi connectivity index (χ1v) is 4.65. The van der Waals surface area contributed by atoms with Crippen LogP contribution in [0, 0.1) is 0 Å². The number of likely N-dealkylation sites (N-methyl/N-ethyl adjacent to an activating group) is 1. The van der Waals surface area contributed by atoms with E-state index in [4.69, 9.17) is 11.6 Å². The van der Waals surface area contributed by atoms with Crippen LogP contribution < -0.4 is 16.2 Å². The van der Waals surface area contributed by atoms with E-state index in [0.717, 1.165) is 0 Å². The molecule has 0 aliphatic carbocycles. The molecule has 0 aliphatic rings. The van der Waals surface area contributed by atoms with Crippen molar-refractivity contribution in [2.75, 3.05) is 12.4 Å². The third kappa shape index (κ3) is 2.69. The van der Waals surface area contributed by atoms with E-state index in [2.05, 4.69) is 20.8 Å². The van der Waals surface area contributed by atoms with Crippen molar-refractivity contribution in [2.45, 2.75) is 13.0 Å². The summed E-state index contributed by atoms with van der Waals surface area (Å²) < 4.78 is 0. The van der Waals surface area contributed by atoms with E-state index in [-0.39, 0.29) is 10.9 Å². The summed E-state index contributed by atoms with van der Waals surface area (Å²) in [6.07, 6.45) is 1.35. The lowest BCUT2D eigenvalue weighted by molar-refractivity contribution is -0.121. The van der Waals surface area contributed by atoms with Gasteiger partial charge in [-0.25, -0.2) is 5.10 Å². The lowest BCUT2D eigenvalue weighted by atomic mass is 10.3. The number of nitrogens with zero attached hydrogens (tertiary/aromatic N) is 1. The van der Waals surface area contributed by atoms with Gasteiger partial charge in [0.25, 0.3) is 5.56 Å². The van der Waals surface area contributed by atoms with Gasteiger partial charge in [0.05, 0.1) is 11.9 Å². The monoisotopic (exact) mass is 230 g/mol. The maximum atomic E-state index is 11.2. The maximum Gasteiger partial charge on any atom is 0.285 e. The molecule has 0 fully saturated rings. The Bertz CT molecular complexity index is 417. The van der Waals surface area contributed by atoms with Crippen LogP contribution in [0.5, 0.6) is 0 Å². The molecule has 1 atom stereocenters. The van der Waals surface area contributed by atoms with E-state index in [1.165, 1.54) is 13.2 Å². The smallest absolute Gasteiger partial charge is 0.285 e. The normalized spacial score (nSPS) is 11.9. The number of anilines is 1. The predicted molar refractivity (Wildman–Crippen MR) is 57.0 cm³/mol. The van der Waals surface area contributed by atoms with Crippen LogP contribution in [0.25, 0.3) is 0 Å². The van der Waals surface area contributed by atoms with Crippen LogP contribution in [0.1, 0.15) is 6.92 Å². The van der Waals surface area contributed by atoms with Gasteiger partial charge in [0.2, 0.25) is 5.91 Å². The first-order valence-electron chi connectivity index (χ1n) is 4.27. The highest BCUT2D eigenvalue weighted by atomic mass is 35.5. The molecule has 1 unspecified atom stereocenters. The molecule has 0 spiro atoms. The van der Waals surface area contributed by atoms with Crippen LogP contribution in [-0.2, 0) is 4.79 Å². The Morgan fingerprint density at radius 3 is 2.93 bits per heavy atom. The van der Waals surface area contributed by atoms with Crippen LogP contribution in [0.3, 0.4) is 0 Å². The van der Waals surface area contributed by atoms with Gasteiger partial charge >= 0.3 is 0 Å². The average Bonchev–Trinajstić information content (AvgIpc) is 2.23. The van der Waals surface area contributed by atoms with Crippen molar-refractivity contribution in [3.63, 3.8) is 0 Å². The number of carbonyl (C=O) groups is 1. The quantitative estimate of drug-likeness (QED) is 0.681. The summed E-state index contributed by atoms with van der Waals surface area (Å²) in [4.78, 5) is 22.3. The molecule has 15 heavy (non-hydrogen) atoms. The molecule has 0 aliphatic heterocycles. The van der Waals surface area contributed by atoms with Crippen molar-refractivity contribution in [2.24, 2.45) is 0 Å². The van der Waals surface area contributed by atoms with Gasteiger partial charge in [0.15, 0.2) is 0 Å². The van der Waals surface area contributed by atoms with Crippen LogP contribution in [0.2, 0.25) is 5.02 Å². The number of carbonyl (C=O) groups excluding carboxylic acids is 1. The molecule has 1 aromatic rings. The van der Waals surface area contributed by atoms with Gasteiger partial charge in [-0.1, -0.05) is 11.6 Å². The Morgan fingerprint density at radius 1 is 1.67 bits per heavy atom. The Kier molecular flexibility index (Phi) is 3.68. The first-order chi connectivity index (χ1) is 7.06. The van der Waals surface area contributed by atoms with Gasteiger partial charge in [-0.3, -0.25) is 9.59 Å². The minimum atomic E-state index is -0.495. The lowest BCUT2D eigenvalue weighted by Gasteiger charge is -2.13. The fraction of sp³-hybridized carbons (Fsp3) is 0.375. The second-order valence-electron chi connectivity index (χ2n) is 2.91. The van der Waals surface area contributed by atoms with E-state index in [1.54, 1.807) is 6.92 Å². The van der Waals surface area contributed by atoms with E-state index >= 15 is 0 Å². The summed E-state index contributed by atoms with van der Waals surface area (Å²) in [7, 11) is 1.53. The molecule has 1 amide bonds. The molecule has 3 N–H and O–H groups in total. The predicted octanol–water partition coefficient (Wildman–Crippen LogP) is -0.0303. The molecule has 1 rings (SSSR count). The number of aromatic amines is 1. The van der Waals surface area contributed by atoms with Crippen LogP contribution in [-0.4, -0.2) is 29.2 Å². The standard InChI is InChI=1S/C8H11ClN4O2/c1-4(7(14)10-2)12-5-3-11-13-8(15)6(5)9/h3-4H,1-2H3,(H,10,14)(H2,12,13,15). The number of rotatable bonds is 3. The Morgan fingerprint density at radius 2 is 2.33 bits per heavy atom. The fourth-order valence-electron chi connectivity index (χ4n) is 0.999. The summed E-state index contributed by atoms with van der Waals surface area (Å²) in [5.41, 5.74) is -0.165. The summed E-state index contributed by atoms with van der Waals surface area (Å²) in [6.45, 7) is 1.65. The van der Waals surface area contributed by atoms with Crippen LogP contribution in [0.15, 0.2) is 11.0 Å². The summed E-state index contributed by atoms with van der Waals surface area (Å²) in [5.74, 6) is -0.202. The number of hydrogen-bond acceptors (Lipinski definition) is 4. The molecule has 0 aromatic carbocycles. The minimum Gasteiger partial charge on any atom is -0.371 e. The molecular formula is C8H11ClN4O2. The van der Waals surface area contributed by atoms with Crippen LogP contribution in [0.4, 0.5) is 5.69 Å². The Balaban J connectivity index is 2.86. The maximum absolute atomic E-state index is 11.2. The number of nitrogens with one attached hydrogen (secondary N) is 3. The van der Waals surface area contributed by atoms with Gasteiger partial charge in [-0.05, 0) is 6.92 Å². The van der Waals surface area contributed by atoms with Crippen molar-refractivity contribution >= 4 is 23.2 Å². The molecule has 6 nitrogen and oxygen atoms in total. The van der Waals surface area contributed by atoms with E-state index < -0.39 is 11.6 Å². The zero-order chi connectivity index (χ0) is 11.4. The van der Waals surface area contributed by atoms with Crippen molar-refractivity contribution in [3.8, 4) is 0 Å². The van der Waals surface area contributed by atoms with Gasteiger partial charge in [0.1, 0.15) is 11.1 Å². The highest BCUT2D eigenvalue weighted by molar-refractivity contribution is 6.33. The summed E-state index contributed by atoms with van der Waals surface area (Å²) in [6, 6.07) is -0.490. The van der Waals surface area contributed by atoms with Crippen molar-refractivity contribution < 1.29 is 4.79 Å². The van der Waals surface area contributed by atoms with Gasteiger partial charge in [-0.15, -0.1) is 0 Å². The van der Waals surface area contributed by atoms with Gasteiger partial charge < -0.3 is 10.6 Å². The summed E-state index contributed by atoms with van der Waals surface area (Å²) in [5, 5.41) is 11.0. The number of aromatic nitrogens is 2. The van der Waals surface area contributed by atoms with E-state index in [1.807, 2.05) is 0 Å². The topological polar surface area (TPSA) is 86.9 Å². The number of halogens is 1. The second-order valence-corrected chi connectivity index (χ2v) is 3.29. The third-order valence-electron chi connectivity index (χ3n) is 1.81. The van der Waals surface area contributed by atoms with Crippen molar-refractivity contribution in [3.05, 3.63) is 21.6 Å². The highest BCUT2D eigenvalue weighted by Gasteiger charge is 2.13. The van der Waals surface area contributed by atoms with Crippen molar-refractivity contribution in [1.29, 1.82) is 0 Å². The molecule has 82 valence electrons. The van der Waals surface area contributed by atoms with Gasteiger partial charge in [0, 0.05) is 7.05 Å². The zero-order valence-electron chi connectivity index (χ0n) is 8.30. The highest BCUT2D eigenvalue weighted by Crippen LogP contribution is 2.15. The van der Waals surface area contributed by atoms with Crippen molar-refractivity contribution in [1.82, 2.24) is 15.5 Å². The Labute approximate surface area is 91.0 Å². The first kappa shape index (κ1) is 11.5. The largest absolute Gasteiger partial charge is 0.371 e. The number of amides is 1. The minimum absolute atomic E-state index is 0.0132. The number of hydrogen-bond donors (Lipinski definition) is 3. The molecule has 0 radical (unpaired) electrons. The summed E-state index contributed by atoms with van der Waals surface area (Å²) >= 11 is 5.71. The molecule has 1 aromatic heterocycles.